The predicted octanol–water partition coefficient (Wildman–Crippen LogP) is 7.31. The van der Waals surface area contributed by atoms with Crippen LogP contribution in [0.4, 0.5) is 5.95 Å². The number of nitrogens with zero attached hydrogens (tertiary/aromatic N) is 3. The van der Waals surface area contributed by atoms with Gasteiger partial charge in [-0.15, -0.1) is 0 Å². The number of carbonyl (C=O) groups is 1. The summed E-state index contributed by atoms with van der Waals surface area (Å²) < 4.78 is 36.4. The molecule has 2 aliphatic carbocycles. The van der Waals surface area contributed by atoms with Crippen molar-refractivity contribution >= 4 is 21.9 Å². The second kappa shape index (κ2) is 12.4. The van der Waals surface area contributed by atoms with Crippen molar-refractivity contribution in [3.63, 3.8) is 0 Å². The predicted molar refractivity (Wildman–Crippen MR) is 187 cm³/mol. The summed E-state index contributed by atoms with van der Waals surface area (Å²) in [6.07, 6.45) is 5.80. The van der Waals surface area contributed by atoms with E-state index in [2.05, 4.69) is 49.3 Å². The lowest BCUT2D eigenvalue weighted by molar-refractivity contribution is -0.161. The van der Waals surface area contributed by atoms with Crippen molar-refractivity contribution in [2.24, 2.45) is 16.7 Å². The number of rotatable bonds is 6. The van der Waals surface area contributed by atoms with Crippen molar-refractivity contribution in [1.29, 1.82) is 0 Å². The maximum Gasteiger partial charge on any atom is 0.264 e. The van der Waals surface area contributed by atoms with Crippen molar-refractivity contribution in [2.75, 3.05) is 11.3 Å². The van der Waals surface area contributed by atoms with Crippen LogP contribution < -0.4 is 9.46 Å². The second-order valence-corrected chi connectivity index (χ2v) is 17.4. The molecular weight excluding hydrogens is 625 g/mol. The number of sulfonamides is 1. The fourth-order valence-electron chi connectivity index (χ4n) is 8.43. The van der Waals surface area contributed by atoms with Gasteiger partial charge in [-0.25, -0.2) is 18.1 Å². The molecule has 4 bridgehead atoms. The van der Waals surface area contributed by atoms with Crippen molar-refractivity contribution in [2.45, 2.75) is 116 Å². The van der Waals surface area contributed by atoms with E-state index >= 15 is 0 Å². The lowest BCUT2D eigenvalue weighted by atomic mass is 9.46. The van der Waals surface area contributed by atoms with E-state index < -0.39 is 15.6 Å². The normalized spacial score (nSPS) is 25.5. The zero-order valence-corrected chi connectivity index (χ0v) is 30.2. The third kappa shape index (κ3) is 6.58. The Hall–Kier alpha value is -3.50. The highest BCUT2D eigenvalue weighted by atomic mass is 32.2. The Morgan fingerprint density at radius 1 is 0.979 bits per heavy atom. The zero-order valence-electron chi connectivity index (χ0n) is 29.3. The number of anilines is 1. The Morgan fingerprint density at radius 2 is 1.62 bits per heavy atom. The smallest absolute Gasteiger partial charge is 0.264 e. The molecular formula is C38H50N4O5S. The van der Waals surface area contributed by atoms with Gasteiger partial charge in [0, 0.05) is 23.2 Å². The highest BCUT2D eigenvalue weighted by molar-refractivity contribution is 7.92. The largest absolute Gasteiger partial charge is 0.475 e. The van der Waals surface area contributed by atoms with Gasteiger partial charge in [0.1, 0.15) is 6.61 Å². The van der Waals surface area contributed by atoms with Crippen LogP contribution in [-0.4, -0.2) is 58.6 Å². The molecule has 258 valence electrons. The number of benzene rings is 2. The molecule has 2 heterocycles. The molecule has 1 aromatic heterocycles. The first-order valence-corrected chi connectivity index (χ1v) is 18.8. The first-order valence-electron chi connectivity index (χ1n) is 17.3. The minimum atomic E-state index is -4.14. The van der Waals surface area contributed by atoms with Gasteiger partial charge in [0.15, 0.2) is 0 Å². The molecule has 3 aromatic rings. The van der Waals surface area contributed by atoms with Crippen molar-refractivity contribution in [3.05, 3.63) is 65.2 Å². The van der Waals surface area contributed by atoms with Crippen molar-refractivity contribution in [1.82, 2.24) is 14.9 Å². The summed E-state index contributed by atoms with van der Waals surface area (Å²) in [4.78, 5) is 25.7. The molecule has 2 fully saturated rings. The number of aliphatic hydroxyl groups is 1. The van der Waals surface area contributed by atoms with Crippen LogP contribution in [0, 0.1) is 30.6 Å². The summed E-state index contributed by atoms with van der Waals surface area (Å²) in [6.45, 7) is 14.8. The third-order valence-corrected chi connectivity index (χ3v) is 12.4. The van der Waals surface area contributed by atoms with Crippen LogP contribution in [0.15, 0.2) is 53.4 Å². The number of ether oxygens (including phenoxy) is 1. The third-order valence-electron chi connectivity index (χ3n) is 11.0. The van der Waals surface area contributed by atoms with E-state index in [4.69, 9.17) is 4.74 Å². The lowest BCUT2D eigenvalue weighted by Gasteiger charge is -2.63. The lowest BCUT2D eigenvalue weighted by Crippen LogP contribution is -2.63. The van der Waals surface area contributed by atoms with Gasteiger partial charge in [0.25, 0.3) is 15.9 Å². The van der Waals surface area contributed by atoms with Crippen LogP contribution in [0.2, 0.25) is 0 Å². The highest BCUT2D eigenvalue weighted by Crippen LogP contribution is 2.63. The van der Waals surface area contributed by atoms with E-state index in [9.17, 15) is 18.3 Å². The average Bonchev–Trinajstić information content (AvgIpc) is 2.98. The molecule has 0 unspecified atom stereocenters. The fraction of sp³-hybridized carbons (Fsp3) is 0.553. The highest BCUT2D eigenvalue weighted by Gasteiger charge is 2.59. The Balaban J connectivity index is 1.40. The number of nitrogens with one attached hydrogen (secondary N) is 1. The molecule has 1 aliphatic heterocycles. The van der Waals surface area contributed by atoms with Crippen LogP contribution in [-0.2, 0) is 10.0 Å². The molecule has 1 spiro atoms. The minimum Gasteiger partial charge on any atom is -0.475 e. The molecule has 3 aliphatic rings. The van der Waals surface area contributed by atoms with Gasteiger partial charge in [-0.3, -0.25) is 4.79 Å². The Kier molecular flexibility index (Phi) is 8.90. The number of carbonyl (C=O) groups excluding carboxylic acids is 1. The molecule has 2 aromatic carbocycles. The van der Waals surface area contributed by atoms with Gasteiger partial charge in [-0.1, -0.05) is 58.9 Å². The number of aryl methyl sites for hydroxylation is 2. The molecule has 0 saturated heterocycles. The van der Waals surface area contributed by atoms with E-state index in [1.54, 1.807) is 18.2 Å². The van der Waals surface area contributed by atoms with Crippen LogP contribution in [0.1, 0.15) is 101 Å². The van der Waals surface area contributed by atoms with E-state index in [-0.39, 0.29) is 58.1 Å². The molecule has 1 atom stereocenters. The number of aromatic nitrogens is 2. The molecule has 2 N–H and O–H groups in total. The number of amides is 1. The van der Waals surface area contributed by atoms with Gasteiger partial charge < -0.3 is 14.7 Å². The van der Waals surface area contributed by atoms with Crippen LogP contribution in [0.5, 0.6) is 5.88 Å². The number of fused-ring (bicyclic) bond motifs is 4. The summed E-state index contributed by atoms with van der Waals surface area (Å²) in [5, 5.41) is 11.2. The molecule has 10 heteroatoms. The molecule has 48 heavy (non-hydrogen) atoms. The number of hydrogen-bond donors (Lipinski definition) is 2. The Morgan fingerprint density at radius 3 is 2.25 bits per heavy atom. The Labute approximate surface area is 285 Å². The molecule has 2 saturated carbocycles. The molecule has 6 rings (SSSR count). The molecule has 0 radical (unpaired) electrons. The van der Waals surface area contributed by atoms with Gasteiger partial charge >= 0.3 is 0 Å². The van der Waals surface area contributed by atoms with E-state index in [1.807, 2.05) is 36.9 Å². The van der Waals surface area contributed by atoms with E-state index in [0.717, 1.165) is 55.2 Å². The quantitative estimate of drug-likeness (QED) is 0.281. The fourth-order valence-corrected chi connectivity index (χ4v) is 9.42. The average molecular weight is 675 g/mol. The van der Waals surface area contributed by atoms with Gasteiger partial charge in [-0.05, 0) is 105 Å². The summed E-state index contributed by atoms with van der Waals surface area (Å²) in [5.41, 5.74) is 3.11. The van der Waals surface area contributed by atoms with Crippen LogP contribution >= 0.6 is 0 Å². The van der Waals surface area contributed by atoms with Gasteiger partial charge in [0.05, 0.1) is 22.2 Å². The zero-order chi connectivity index (χ0) is 34.6. The second-order valence-electron chi connectivity index (χ2n) is 15.7. The maximum atomic E-state index is 14.6. The summed E-state index contributed by atoms with van der Waals surface area (Å²) in [5.74, 6) is 0.223. The van der Waals surface area contributed by atoms with Crippen LogP contribution in [0.3, 0.4) is 0 Å². The minimum absolute atomic E-state index is 0.0274. The van der Waals surface area contributed by atoms with E-state index in [0.29, 0.717) is 17.7 Å². The summed E-state index contributed by atoms with van der Waals surface area (Å²) in [7, 11) is -4.14. The molecule has 9 nitrogen and oxygen atoms in total. The first kappa shape index (κ1) is 34.4. The van der Waals surface area contributed by atoms with Crippen LogP contribution in [0.25, 0.3) is 11.3 Å². The standard InChI is InChI=1S/C38H50N4O5S/c1-8-38(44,9-2)27-18-37(19-27)21-28(22-37)42-29(20-36(5,6)7)23-47-32-17-31(33-24(3)12-10-13-25(33)4)39-35(40-32)41-48(45,46)30-15-11-14-26(16-30)34(42)43/h10-17,27-29,44H,8-9,18-23H2,1-7H3,(H,39,40,41)/t27?,28?,29-,37?/m1/s1. The molecule has 1 amide bonds. The van der Waals surface area contributed by atoms with E-state index in [1.165, 1.54) is 12.1 Å². The Bertz CT molecular complexity index is 1780. The van der Waals surface area contributed by atoms with Gasteiger partial charge in [-0.2, -0.15) is 4.98 Å². The summed E-state index contributed by atoms with van der Waals surface area (Å²) in [6, 6.07) is 13.6. The SMILES string of the molecule is CCC(O)(CC)C1CC2(CC(N3C(=O)c4cccc(c4)S(=O)(=O)Nc4nc(cc(-c5c(C)cccc5C)n4)OC[C@H]3CC(C)(C)C)C2)C1. The van der Waals surface area contributed by atoms with Gasteiger partial charge in [0.2, 0.25) is 11.8 Å². The van der Waals surface area contributed by atoms with Crippen molar-refractivity contribution < 1.29 is 23.1 Å². The number of hydrogen-bond acceptors (Lipinski definition) is 7. The topological polar surface area (TPSA) is 122 Å². The monoisotopic (exact) mass is 674 g/mol. The summed E-state index contributed by atoms with van der Waals surface area (Å²) >= 11 is 0. The maximum absolute atomic E-state index is 14.6. The van der Waals surface area contributed by atoms with Crippen molar-refractivity contribution in [3.8, 4) is 17.1 Å². The first-order chi connectivity index (χ1) is 22.6.